The molecule has 4 rings (SSSR count). The van der Waals surface area contributed by atoms with Crippen molar-refractivity contribution in [3.8, 4) is 17.1 Å². The van der Waals surface area contributed by atoms with Crippen LogP contribution in [0, 0.1) is 0 Å². The van der Waals surface area contributed by atoms with Crippen LogP contribution in [0.5, 0.6) is 5.75 Å². The first-order chi connectivity index (χ1) is 16.9. The zero-order valence-corrected chi connectivity index (χ0v) is 20.5. The van der Waals surface area contributed by atoms with E-state index < -0.39 is 29.2 Å². The summed E-state index contributed by atoms with van der Waals surface area (Å²) in [5.74, 6) is -1.10. The van der Waals surface area contributed by atoms with Crippen molar-refractivity contribution in [3.63, 3.8) is 0 Å². The second kappa shape index (κ2) is 10.0. The van der Waals surface area contributed by atoms with Crippen LogP contribution < -0.4 is 15.5 Å². The molecule has 0 saturated heterocycles. The molecule has 1 atom stereocenters. The second-order valence-electron chi connectivity index (χ2n) is 7.68. The average molecular weight is 557 g/mol. The molecule has 0 aliphatic heterocycles. The highest BCUT2D eigenvalue weighted by atomic mass is 35.5. The van der Waals surface area contributed by atoms with Gasteiger partial charge in [-0.1, -0.05) is 34.8 Å². The average Bonchev–Trinajstić information content (AvgIpc) is 2.82. The van der Waals surface area contributed by atoms with Crippen LogP contribution in [-0.2, 0) is 11.0 Å². The van der Waals surface area contributed by atoms with Crippen molar-refractivity contribution in [2.45, 2.75) is 19.2 Å². The Morgan fingerprint density at radius 2 is 1.64 bits per heavy atom. The summed E-state index contributed by atoms with van der Waals surface area (Å²) in [5.41, 5.74) is -1.18. The predicted molar refractivity (Wildman–Crippen MR) is 133 cm³/mol. The monoisotopic (exact) mass is 555 g/mol. The number of anilines is 1. The Morgan fingerprint density at radius 1 is 0.972 bits per heavy atom. The number of nitrogens with one attached hydrogen (secondary N) is 1. The van der Waals surface area contributed by atoms with Crippen LogP contribution in [0.15, 0.2) is 69.9 Å². The van der Waals surface area contributed by atoms with Gasteiger partial charge in [-0.15, -0.1) is 0 Å². The van der Waals surface area contributed by atoms with Crippen LogP contribution in [0.1, 0.15) is 12.5 Å². The van der Waals surface area contributed by atoms with E-state index in [9.17, 15) is 22.8 Å². The van der Waals surface area contributed by atoms with Crippen molar-refractivity contribution in [1.29, 1.82) is 0 Å². The first kappa shape index (κ1) is 25.9. The van der Waals surface area contributed by atoms with Gasteiger partial charge in [0.1, 0.15) is 5.58 Å². The molecule has 1 unspecified atom stereocenters. The van der Waals surface area contributed by atoms with E-state index in [1.54, 1.807) is 30.3 Å². The van der Waals surface area contributed by atoms with Crippen molar-refractivity contribution in [1.82, 2.24) is 0 Å². The summed E-state index contributed by atoms with van der Waals surface area (Å²) in [6, 6.07) is 13.4. The lowest BCUT2D eigenvalue weighted by atomic mass is 10.1. The van der Waals surface area contributed by atoms with Gasteiger partial charge in [-0.25, -0.2) is 0 Å². The Bertz CT molecular complexity index is 1520. The van der Waals surface area contributed by atoms with Gasteiger partial charge in [-0.2, -0.15) is 13.2 Å². The lowest BCUT2D eigenvalue weighted by Crippen LogP contribution is -2.32. The predicted octanol–water partition coefficient (Wildman–Crippen LogP) is 7.85. The van der Waals surface area contributed by atoms with Gasteiger partial charge < -0.3 is 14.5 Å². The number of alkyl halides is 3. The van der Waals surface area contributed by atoms with Crippen molar-refractivity contribution in [3.05, 3.63) is 91.5 Å². The summed E-state index contributed by atoms with van der Waals surface area (Å²) in [6.07, 6.45) is -5.97. The number of carbonyl (C=O) groups excluding carboxylic acids is 1. The molecule has 0 radical (unpaired) electrons. The highest BCUT2D eigenvalue weighted by Crippen LogP contribution is 2.35. The summed E-state index contributed by atoms with van der Waals surface area (Å²) in [6.45, 7) is 1.32. The molecular weight excluding hydrogens is 542 g/mol. The maximum absolute atomic E-state index is 13.3. The molecule has 36 heavy (non-hydrogen) atoms. The zero-order valence-electron chi connectivity index (χ0n) is 18.3. The van der Waals surface area contributed by atoms with Gasteiger partial charge >= 0.3 is 6.18 Å². The number of hydrogen-bond donors (Lipinski definition) is 1. The summed E-state index contributed by atoms with van der Waals surface area (Å²) in [4.78, 5) is 26.1. The number of benzene rings is 3. The minimum absolute atomic E-state index is 0.0308. The normalized spacial score (nSPS) is 12.4. The minimum Gasteiger partial charge on any atom is -0.473 e. The number of carbonyl (C=O) groups is 1. The molecule has 1 amide bonds. The van der Waals surface area contributed by atoms with E-state index in [0.717, 1.165) is 12.1 Å². The largest absolute Gasteiger partial charge is 0.473 e. The van der Waals surface area contributed by atoms with E-state index in [1.807, 2.05) is 0 Å². The third kappa shape index (κ3) is 5.46. The molecule has 5 nitrogen and oxygen atoms in total. The van der Waals surface area contributed by atoms with E-state index in [-0.39, 0.29) is 38.2 Å². The van der Waals surface area contributed by atoms with E-state index in [0.29, 0.717) is 16.7 Å². The number of rotatable bonds is 5. The van der Waals surface area contributed by atoms with Crippen LogP contribution >= 0.6 is 34.8 Å². The molecule has 0 fully saturated rings. The highest BCUT2D eigenvalue weighted by molar-refractivity contribution is 6.33. The highest BCUT2D eigenvalue weighted by Gasteiger charge is 2.31. The molecule has 3 aromatic carbocycles. The van der Waals surface area contributed by atoms with Crippen molar-refractivity contribution < 1.29 is 27.1 Å². The molecule has 186 valence electrons. The fourth-order valence-corrected chi connectivity index (χ4v) is 3.77. The first-order valence-corrected chi connectivity index (χ1v) is 11.4. The van der Waals surface area contributed by atoms with Crippen LogP contribution in [0.25, 0.3) is 22.3 Å². The van der Waals surface area contributed by atoms with E-state index in [2.05, 4.69) is 5.32 Å². The number of fused-ring (bicyclic) bond motifs is 1. The lowest BCUT2D eigenvalue weighted by Gasteiger charge is -2.18. The van der Waals surface area contributed by atoms with Crippen molar-refractivity contribution in [2.24, 2.45) is 0 Å². The van der Waals surface area contributed by atoms with E-state index in [1.165, 1.54) is 19.1 Å². The molecule has 0 aliphatic rings. The van der Waals surface area contributed by atoms with Crippen LogP contribution in [0.4, 0.5) is 18.9 Å². The smallest absolute Gasteiger partial charge is 0.416 e. The second-order valence-corrected chi connectivity index (χ2v) is 8.96. The minimum atomic E-state index is -4.63. The molecule has 1 N–H and O–H groups in total. The van der Waals surface area contributed by atoms with Crippen LogP contribution in [0.2, 0.25) is 15.1 Å². The van der Waals surface area contributed by atoms with Gasteiger partial charge in [0, 0.05) is 15.6 Å². The molecule has 0 saturated carbocycles. The Kier molecular flexibility index (Phi) is 7.22. The Morgan fingerprint density at radius 3 is 2.31 bits per heavy atom. The number of halogens is 6. The zero-order chi connectivity index (χ0) is 26.2. The fraction of sp³-hybridized carbons (Fsp3) is 0.120. The van der Waals surface area contributed by atoms with Gasteiger partial charge in [-0.3, -0.25) is 9.59 Å². The van der Waals surface area contributed by atoms with E-state index in [4.69, 9.17) is 44.0 Å². The third-order valence-corrected chi connectivity index (χ3v) is 5.95. The first-order valence-electron chi connectivity index (χ1n) is 10.3. The van der Waals surface area contributed by atoms with Gasteiger partial charge in [-0.05, 0) is 67.6 Å². The molecule has 0 spiro atoms. The number of amides is 1. The summed E-state index contributed by atoms with van der Waals surface area (Å²) in [5, 5.41) is 3.04. The quantitative estimate of drug-likeness (QED) is 0.272. The maximum atomic E-state index is 13.3. The standard InChI is InChI=1S/C25H15Cl3F3NO4/c1-12(24(34)32-19-10-14(25(29,30)31)4-8-18(19)28)35-23-21(33)17-11-16(27)7-9-20(17)36-22(23)13-2-5-15(26)6-3-13/h2-12H,1H3,(H,32,34). The van der Waals surface area contributed by atoms with Gasteiger partial charge in [0.15, 0.2) is 11.9 Å². The number of hydrogen-bond acceptors (Lipinski definition) is 4. The molecule has 11 heteroatoms. The Hall–Kier alpha value is -3.20. The molecule has 0 bridgehead atoms. The van der Waals surface area contributed by atoms with Gasteiger partial charge in [0.25, 0.3) is 5.91 Å². The molecule has 1 aromatic heterocycles. The van der Waals surface area contributed by atoms with Gasteiger partial charge in [0.05, 0.1) is 21.7 Å². The Labute approximate surface area is 217 Å². The SMILES string of the molecule is CC(Oc1c(-c2ccc(Cl)cc2)oc2ccc(Cl)cc2c1=O)C(=O)Nc1cc(C(F)(F)F)ccc1Cl. The lowest BCUT2D eigenvalue weighted by molar-refractivity contribution is -0.137. The van der Waals surface area contributed by atoms with Crippen LogP contribution in [-0.4, -0.2) is 12.0 Å². The third-order valence-electron chi connectivity index (χ3n) is 5.13. The Balaban J connectivity index is 1.71. The summed E-state index contributed by atoms with van der Waals surface area (Å²) in [7, 11) is 0. The van der Waals surface area contributed by atoms with E-state index >= 15 is 0 Å². The summed E-state index contributed by atoms with van der Waals surface area (Å²) >= 11 is 18.0. The molecule has 4 aromatic rings. The van der Waals surface area contributed by atoms with Crippen LogP contribution in [0.3, 0.4) is 0 Å². The topological polar surface area (TPSA) is 68.5 Å². The van der Waals surface area contributed by atoms with Crippen molar-refractivity contribution >= 4 is 57.4 Å². The molecular formula is C25H15Cl3F3NO4. The van der Waals surface area contributed by atoms with Crippen molar-refractivity contribution in [2.75, 3.05) is 5.32 Å². The fourth-order valence-electron chi connectivity index (χ4n) is 3.31. The summed E-state index contributed by atoms with van der Waals surface area (Å²) < 4.78 is 50.9. The van der Waals surface area contributed by atoms with Gasteiger partial charge in [0.2, 0.25) is 11.2 Å². The number of ether oxygens (including phenoxy) is 1. The molecule has 1 heterocycles. The maximum Gasteiger partial charge on any atom is 0.416 e. The molecule has 0 aliphatic carbocycles.